The summed E-state index contributed by atoms with van der Waals surface area (Å²) in [6, 6.07) is 11.1. The topological polar surface area (TPSA) is 93.5 Å². The Labute approximate surface area is 163 Å². The highest BCUT2D eigenvalue weighted by Gasteiger charge is 2.20. The molecule has 0 saturated carbocycles. The Morgan fingerprint density at radius 2 is 1.89 bits per heavy atom. The summed E-state index contributed by atoms with van der Waals surface area (Å²) in [6.07, 6.45) is -0.349. The Bertz CT molecular complexity index is 978. The van der Waals surface area contributed by atoms with Crippen LogP contribution in [0.5, 0.6) is 11.5 Å². The summed E-state index contributed by atoms with van der Waals surface area (Å²) in [7, 11) is -3.61. The van der Waals surface area contributed by atoms with Crippen LogP contribution in [0.1, 0.15) is 24.5 Å². The van der Waals surface area contributed by atoms with Crippen LogP contribution in [0.3, 0.4) is 0 Å². The van der Waals surface area contributed by atoms with Crippen molar-refractivity contribution >= 4 is 27.4 Å². The number of carbonyl (C=O) groups excluding carboxylic acids is 1. The molecule has 27 heavy (non-hydrogen) atoms. The van der Waals surface area contributed by atoms with Gasteiger partial charge in [0.2, 0.25) is 0 Å². The number of nitriles is 1. The lowest BCUT2D eigenvalue weighted by molar-refractivity contribution is -0.134. The van der Waals surface area contributed by atoms with Crippen molar-refractivity contribution in [1.29, 1.82) is 5.26 Å². The molecule has 0 aliphatic carbocycles. The summed E-state index contributed by atoms with van der Waals surface area (Å²) in [5, 5.41) is 9.02. The summed E-state index contributed by atoms with van der Waals surface area (Å²) in [4.78, 5) is 12.3. The summed E-state index contributed by atoms with van der Waals surface area (Å²) in [5.74, 6) is -1.04. The van der Waals surface area contributed by atoms with Crippen LogP contribution in [0.2, 0.25) is 5.02 Å². The third-order valence-electron chi connectivity index (χ3n) is 3.61. The number of halogens is 1. The van der Waals surface area contributed by atoms with E-state index in [1.54, 1.807) is 19.1 Å². The van der Waals surface area contributed by atoms with Crippen LogP contribution < -0.4 is 9.47 Å². The van der Waals surface area contributed by atoms with Gasteiger partial charge in [0.15, 0.2) is 21.3 Å². The lowest BCUT2D eigenvalue weighted by atomic mass is 10.2. The normalized spacial score (nSPS) is 10.9. The van der Waals surface area contributed by atoms with Crippen LogP contribution in [0.25, 0.3) is 0 Å². The molecule has 0 heterocycles. The van der Waals surface area contributed by atoms with Crippen molar-refractivity contribution in [2.24, 2.45) is 0 Å². The van der Waals surface area contributed by atoms with Gasteiger partial charge in [-0.2, -0.15) is 5.26 Å². The molecular weight excluding hydrogens is 390 g/mol. The second-order valence-electron chi connectivity index (χ2n) is 5.69. The quantitative estimate of drug-likeness (QED) is 0.513. The van der Waals surface area contributed by atoms with Gasteiger partial charge >= 0.3 is 5.97 Å². The van der Waals surface area contributed by atoms with E-state index in [4.69, 9.17) is 26.3 Å². The Morgan fingerprint density at radius 3 is 2.48 bits per heavy atom. The van der Waals surface area contributed by atoms with Crippen LogP contribution in [-0.2, 0) is 14.6 Å². The predicted octanol–water partition coefficient (Wildman–Crippen LogP) is 3.69. The first kappa shape index (κ1) is 20.7. The summed E-state index contributed by atoms with van der Waals surface area (Å²) in [5.41, 5.74) is 1.19. The van der Waals surface area contributed by atoms with Gasteiger partial charge in [0.1, 0.15) is 0 Å². The van der Waals surface area contributed by atoms with Gasteiger partial charge in [-0.1, -0.05) is 29.3 Å². The molecule has 142 valence electrons. The summed E-state index contributed by atoms with van der Waals surface area (Å²) in [6.45, 7) is 3.86. The van der Waals surface area contributed by atoms with Gasteiger partial charge < -0.3 is 9.47 Å². The monoisotopic (exact) mass is 407 g/mol. The van der Waals surface area contributed by atoms with Gasteiger partial charge in [-0.25, -0.2) is 8.42 Å². The number of aryl methyl sites for hydroxylation is 1. The zero-order valence-corrected chi connectivity index (χ0v) is 16.4. The number of ether oxygens (including phenoxy) is 2. The molecule has 0 saturated heterocycles. The van der Waals surface area contributed by atoms with Crippen LogP contribution in [0, 0.1) is 18.3 Å². The Hall–Kier alpha value is -2.56. The van der Waals surface area contributed by atoms with E-state index >= 15 is 0 Å². The van der Waals surface area contributed by atoms with E-state index in [9.17, 15) is 13.2 Å². The third-order valence-corrected chi connectivity index (χ3v) is 5.62. The number of hydrogen-bond acceptors (Lipinski definition) is 6. The maximum Gasteiger partial charge on any atom is 0.312 e. The fourth-order valence-corrected chi connectivity index (χ4v) is 3.71. The third kappa shape index (κ3) is 5.46. The molecule has 8 heteroatoms. The molecule has 0 aliphatic rings. The largest absolute Gasteiger partial charge is 0.490 e. The first-order valence-electron chi connectivity index (χ1n) is 8.13. The fraction of sp³-hybridized carbons (Fsp3) is 0.263. The fourth-order valence-electron chi connectivity index (χ4n) is 2.24. The standard InChI is InChI=1S/C19H18ClNO5S/c1-3-25-17-11-14(12-21)10-16(20)19(17)26-18(22)8-9-27(23,24)15-6-4-13(2)5-7-15/h4-7,10-11H,3,8-9H2,1-2H3. The molecule has 6 nitrogen and oxygen atoms in total. The lowest BCUT2D eigenvalue weighted by Gasteiger charge is -2.12. The molecular formula is C19H18ClNO5S. The SMILES string of the molecule is CCOc1cc(C#N)cc(Cl)c1OC(=O)CCS(=O)(=O)c1ccc(C)cc1. The summed E-state index contributed by atoms with van der Waals surface area (Å²) >= 11 is 6.07. The van der Waals surface area contributed by atoms with Crippen molar-refractivity contribution in [1.82, 2.24) is 0 Å². The van der Waals surface area contributed by atoms with Gasteiger partial charge in [-0.15, -0.1) is 0 Å². The Kier molecular flexibility index (Phi) is 6.83. The number of benzene rings is 2. The van der Waals surface area contributed by atoms with Gasteiger partial charge in [0, 0.05) is 6.07 Å². The number of carbonyl (C=O) groups is 1. The first-order valence-corrected chi connectivity index (χ1v) is 10.2. The minimum Gasteiger partial charge on any atom is -0.490 e. The molecule has 0 fully saturated rings. The molecule has 0 bridgehead atoms. The zero-order chi connectivity index (χ0) is 20.0. The number of sulfone groups is 1. The van der Waals surface area contributed by atoms with Gasteiger partial charge in [0.25, 0.3) is 0 Å². The van der Waals surface area contributed by atoms with E-state index in [1.165, 1.54) is 24.3 Å². The minimum atomic E-state index is -3.61. The second-order valence-corrected chi connectivity index (χ2v) is 8.20. The highest BCUT2D eigenvalue weighted by atomic mass is 35.5. The van der Waals surface area contributed by atoms with E-state index in [0.29, 0.717) is 0 Å². The molecule has 0 aliphatic heterocycles. The molecule has 0 unspecified atom stereocenters. The van der Waals surface area contributed by atoms with E-state index in [2.05, 4.69) is 0 Å². The molecule has 0 atom stereocenters. The molecule has 0 N–H and O–H groups in total. The van der Waals surface area contributed by atoms with E-state index in [1.807, 2.05) is 13.0 Å². The van der Waals surface area contributed by atoms with Crippen LogP contribution in [-0.4, -0.2) is 26.7 Å². The molecule has 0 aromatic heterocycles. The Balaban J connectivity index is 2.12. The highest BCUT2D eigenvalue weighted by Crippen LogP contribution is 2.36. The highest BCUT2D eigenvalue weighted by molar-refractivity contribution is 7.91. The van der Waals surface area contributed by atoms with Crippen LogP contribution in [0.4, 0.5) is 0 Å². The van der Waals surface area contributed by atoms with Crippen molar-refractivity contribution in [2.45, 2.75) is 25.2 Å². The number of esters is 1. The van der Waals surface area contributed by atoms with Crippen LogP contribution in [0.15, 0.2) is 41.3 Å². The van der Waals surface area contributed by atoms with Gasteiger partial charge in [-0.3, -0.25) is 4.79 Å². The average molecular weight is 408 g/mol. The molecule has 0 spiro atoms. The van der Waals surface area contributed by atoms with Crippen LogP contribution >= 0.6 is 11.6 Å². The van der Waals surface area contributed by atoms with Crippen molar-refractivity contribution < 1.29 is 22.7 Å². The Morgan fingerprint density at radius 1 is 1.22 bits per heavy atom. The zero-order valence-electron chi connectivity index (χ0n) is 14.9. The van der Waals surface area contributed by atoms with E-state index < -0.39 is 21.6 Å². The average Bonchev–Trinajstić information content (AvgIpc) is 2.63. The van der Waals surface area contributed by atoms with Crippen molar-refractivity contribution in [2.75, 3.05) is 12.4 Å². The number of nitrogens with zero attached hydrogens (tertiary/aromatic N) is 1. The van der Waals surface area contributed by atoms with Gasteiger partial charge in [-0.05, 0) is 32.0 Å². The lowest BCUT2D eigenvalue weighted by Crippen LogP contribution is -2.16. The maximum atomic E-state index is 12.3. The predicted molar refractivity (Wildman–Crippen MR) is 101 cm³/mol. The smallest absolute Gasteiger partial charge is 0.312 e. The first-order chi connectivity index (χ1) is 12.8. The second kappa shape index (κ2) is 8.89. The molecule has 2 aromatic carbocycles. The minimum absolute atomic E-state index is 0.0322. The number of hydrogen-bond donors (Lipinski definition) is 0. The molecule has 0 amide bonds. The molecule has 2 aromatic rings. The van der Waals surface area contributed by atoms with Crippen molar-refractivity contribution in [3.63, 3.8) is 0 Å². The molecule has 0 radical (unpaired) electrons. The van der Waals surface area contributed by atoms with E-state index in [0.717, 1.165) is 5.56 Å². The van der Waals surface area contributed by atoms with E-state index in [-0.39, 0.29) is 40.0 Å². The maximum absolute atomic E-state index is 12.3. The molecule has 2 rings (SSSR count). The van der Waals surface area contributed by atoms with Gasteiger partial charge in [0.05, 0.1) is 40.3 Å². The summed E-state index contributed by atoms with van der Waals surface area (Å²) < 4.78 is 35.2. The van der Waals surface area contributed by atoms with Crippen molar-refractivity contribution in [3.05, 3.63) is 52.5 Å². The van der Waals surface area contributed by atoms with Crippen molar-refractivity contribution in [3.8, 4) is 17.6 Å². The number of rotatable bonds is 7.